The van der Waals surface area contributed by atoms with Gasteiger partial charge in [0.05, 0.1) is 6.61 Å². The van der Waals surface area contributed by atoms with Gasteiger partial charge in [-0.25, -0.2) is 0 Å². The van der Waals surface area contributed by atoms with Crippen LogP contribution in [0.25, 0.3) is 0 Å². The minimum absolute atomic E-state index is 0.179. The lowest BCUT2D eigenvalue weighted by atomic mass is 9.64. The monoisotopic (exact) mass is 327 g/mol. The van der Waals surface area contributed by atoms with Gasteiger partial charge in [0.25, 0.3) is 0 Å². The molecule has 1 saturated heterocycles. The number of allylic oxidation sites excluding steroid dienone is 1. The van der Waals surface area contributed by atoms with E-state index in [4.69, 9.17) is 4.74 Å². The van der Waals surface area contributed by atoms with Crippen molar-refractivity contribution in [2.45, 2.75) is 39.2 Å². The Morgan fingerprint density at radius 2 is 2.12 bits per heavy atom. The van der Waals surface area contributed by atoms with Crippen LogP contribution in [0.3, 0.4) is 0 Å². The van der Waals surface area contributed by atoms with Crippen LogP contribution in [0.15, 0.2) is 42.5 Å². The average Bonchev–Trinajstić information content (AvgIpc) is 2.62. The molecule has 24 heavy (non-hydrogen) atoms. The second-order valence-corrected chi connectivity index (χ2v) is 7.23. The fraction of sp³-hybridized carbons (Fsp3) is 0.571. The van der Waals surface area contributed by atoms with Crippen molar-refractivity contribution in [2.75, 3.05) is 26.2 Å². The normalized spacial score (nSPS) is 27.2. The Morgan fingerprint density at radius 3 is 2.92 bits per heavy atom. The van der Waals surface area contributed by atoms with Crippen molar-refractivity contribution in [3.8, 4) is 0 Å². The standard InChI is InChI=1S/C21H29NO2/c1-2-22-13-10-19-15-20(23)9-12-21(19,17-22)11-6-14-24-16-18-7-4-3-5-8-18/h3-5,7-9,12,19H,2,6,10-11,13-17H2,1H3/t19-,21-/m1/s1. The molecule has 0 bridgehead atoms. The number of fused-ring (bicyclic) bond motifs is 1. The SMILES string of the molecule is CCN1CC[C@@H]2CC(=O)C=C[C@]2(CCCOCc2ccccc2)C1. The van der Waals surface area contributed by atoms with E-state index < -0.39 is 0 Å². The van der Waals surface area contributed by atoms with Crippen molar-refractivity contribution in [3.05, 3.63) is 48.0 Å². The molecule has 1 aliphatic carbocycles. The van der Waals surface area contributed by atoms with Gasteiger partial charge in [-0.15, -0.1) is 0 Å². The van der Waals surface area contributed by atoms with Crippen molar-refractivity contribution >= 4 is 5.78 Å². The van der Waals surface area contributed by atoms with Crippen molar-refractivity contribution in [1.82, 2.24) is 4.90 Å². The molecule has 0 amide bonds. The van der Waals surface area contributed by atoms with E-state index >= 15 is 0 Å². The second-order valence-electron chi connectivity index (χ2n) is 7.23. The first-order valence-corrected chi connectivity index (χ1v) is 9.28. The predicted molar refractivity (Wildman–Crippen MR) is 96.8 cm³/mol. The zero-order valence-corrected chi connectivity index (χ0v) is 14.7. The summed E-state index contributed by atoms with van der Waals surface area (Å²) in [6.45, 7) is 7.03. The molecule has 3 nitrogen and oxygen atoms in total. The van der Waals surface area contributed by atoms with E-state index in [0.717, 1.165) is 51.9 Å². The van der Waals surface area contributed by atoms with Crippen LogP contribution in [0.2, 0.25) is 0 Å². The average molecular weight is 327 g/mol. The summed E-state index contributed by atoms with van der Waals surface area (Å²) in [7, 11) is 0. The molecular weight excluding hydrogens is 298 g/mol. The van der Waals surface area contributed by atoms with E-state index in [9.17, 15) is 4.79 Å². The molecule has 0 saturated carbocycles. The van der Waals surface area contributed by atoms with Crippen molar-refractivity contribution < 1.29 is 9.53 Å². The highest BCUT2D eigenvalue weighted by atomic mass is 16.5. The summed E-state index contributed by atoms with van der Waals surface area (Å²) in [5.41, 5.74) is 1.41. The molecule has 0 radical (unpaired) electrons. The summed E-state index contributed by atoms with van der Waals surface area (Å²) < 4.78 is 5.86. The number of benzene rings is 1. The first kappa shape index (κ1) is 17.4. The number of hydrogen-bond acceptors (Lipinski definition) is 3. The van der Waals surface area contributed by atoms with Gasteiger partial charge >= 0.3 is 0 Å². The Balaban J connectivity index is 1.52. The molecule has 0 aromatic heterocycles. The van der Waals surface area contributed by atoms with Crippen molar-refractivity contribution in [3.63, 3.8) is 0 Å². The van der Waals surface area contributed by atoms with Gasteiger partial charge in [0, 0.05) is 25.0 Å². The molecule has 1 aromatic carbocycles. The van der Waals surface area contributed by atoms with Crippen molar-refractivity contribution in [1.29, 1.82) is 0 Å². The molecule has 1 heterocycles. The maximum absolute atomic E-state index is 11.8. The third kappa shape index (κ3) is 4.14. The zero-order valence-electron chi connectivity index (χ0n) is 14.7. The maximum atomic E-state index is 11.8. The number of carbonyl (C=O) groups excluding carboxylic acids is 1. The summed E-state index contributed by atoms with van der Waals surface area (Å²) in [4.78, 5) is 14.3. The van der Waals surface area contributed by atoms with E-state index in [1.54, 1.807) is 0 Å². The van der Waals surface area contributed by atoms with Crippen LogP contribution in [0.1, 0.15) is 38.2 Å². The highest BCUT2D eigenvalue weighted by Crippen LogP contribution is 2.45. The molecule has 1 aliphatic heterocycles. The molecule has 1 aromatic rings. The molecular formula is C21H29NO2. The van der Waals surface area contributed by atoms with Gasteiger partial charge < -0.3 is 9.64 Å². The Kier molecular flexibility index (Phi) is 5.85. The molecule has 1 fully saturated rings. The van der Waals surface area contributed by atoms with Crippen LogP contribution in [0.4, 0.5) is 0 Å². The number of hydrogen-bond donors (Lipinski definition) is 0. The Hall–Kier alpha value is -1.45. The van der Waals surface area contributed by atoms with E-state index in [1.807, 2.05) is 24.3 Å². The summed E-state index contributed by atoms with van der Waals surface area (Å²) in [5.74, 6) is 0.827. The lowest BCUT2D eigenvalue weighted by molar-refractivity contribution is -0.118. The summed E-state index contributed by atoms with van der Waals surface area (Å²) in [6, 6.07) is 10.3. The van der Waals surface area contributed by atoms with Crippen LogP contribution in [0.5, 0.6) is 0 Å². The second kappa shape index (κ2) is 8.09. The lowest BCUT2D eigenvalue weighted by Gasteiger charge is -2.48. The molecule has 0 spiro atoms. The highest BCUT2D eigenvalue weighted by molar-refractivity contribution is 5.91. The quantitative estimate of drug-likeness (QED) is 0.713. The van der Waals surface area contributed by atoms with E-state index in [-0.39, 0.29) is 5.41 Å². The van der Waals surface area contributed by atoms with Gasteiger partial charge in [0.2, 0.25) is 0 Å². The van der Waals surface area contributed by atoms with Crippen LogP contribution < -0.4 is 0 Å². The maximum Gasteiger partial charge on any atom is 0.155 e. The van der Waals surface area contributed by atoms with Gasteiger partial charge in [0.1, 0.15) is 0 Å². The minimum atomic E-state index is 0.179. The Bertz CT molecular complexity index is 568. The Morgan fingerprint density at radius 1 is 1.29 bits per heavy atom. The van der Waals surface area contributed by atoms with Gasteiger partial charge in [0.15, 0.2) is 5.78 Å². The number of likely N-dealkylation sites (tertiary alicyclic amines) is 1. The van der Waals surface area contributed by atoms with Gasteiger partial charge in [-0.05, 0) is 49.9 Å². The fourth-order valence-electron chi connectivity index (χ4n) is 4.22. The summed E-state index contributed by atoms with van der Waals surface area (Å²) in [6.07, 6.45) is 8.11. The number of nitrogens with zero attached hydrogens (tertiary/aromatic N) is 1. The third-order valence-electron chi connectivity index (χ3n) is 5.66. The summed E-state index contributed by atoms with van der Waals surface area (Å²) >= 11 is 0. The van der Waals surface area contributed by atoms with Crippen molar-refractivity contribution in [2.24, 2.45) is 11.3 Å². The minimum Gasteiger partial charge on any atom is -0.377 e. The zero-order chi connectivity index (χ0) is 16.8. The van der Waals surface area contributed by atoms with Crippen LogP contribution in [0, 0.1) is 11.3 Å². The third-order valence-corrected chi connectivity index (χ3v) is 5.66. The molecule has 0 unspecified atom stereocenters. The number of carbonyl (C=O) groups is 1. The first-order valence-electron chi connectivity index (χ1n) is 9.28. The number of piperidine rings is 1. The Labute approximate surface area is 145 Å². The van der Waals surface area contributed by atoms with Crippen LogP contribution in [-0.2, 0) is 16.1 Å². The van der Waals surface area contributed by atoms with Gasteiger partial charge in [-0.3, -0.25) is 4.79 Å². The number of rotatable bonds is 7. The topological polar surface area (TPSA) is 29.5 Å². The molecule has 3 heteroatoms. The van der Waals surface area contributed by atoms with Crippen LogP contribution >= 0.6 is 0 Å². The molecule has 0 N–H and O–H groups in total. The smallest absolute Gasteiger partial charge is 0.155 e. The largest absolute Gasteiger partial charge is 0.377 e. The molecule has 2 aliphatic rings. The first-order chi connectivity index (χ1) is 11.7. The predicted octanol–water partition coefficient (Wildman–Crippen LogP) is 3.84. The van der Waals surface area contributed by atoms with E-state index in [1.165, 1.54) is 5.56 Å². The lowest BCUT2D eigenvalue weighted by Crippen LogP contribution is -2.49. The number of ether oxygens (including phenoxy) is 1. The molecule has 130 valence electrons. The molecule has 3 rings (SSSR count). The molecule has 2 atom stereocenters. The highest BCUT2D eigenvalue weighted by Gasteiger charge is 2.43. The number of ketones is 1. The summed E-state index contributed by atoms with van der Waals surface area (Å²) in [5, 5.41) is 0. The van der Waals surface area contributed by atoms with Gasteiger partial charge in [-0.2, -0.15) is 0 Å². The van der Waals surface area contributed by atoms with E-state index in [2.05, 4.69) is 30.0 Å². The van der Waals surface area contributed by atoms with E-state index in [0.29, 0.717) is 18.3 Å². The van der Waals surface area contributed by atoms with Crippen LogP contribution in [-0.4, -0.2) is 36.9 Å². The fourth-order valence-corrected chi connectivity index (χ4v) is 4.22. The van der Waals surface area contributed by atoms with Gasteiger partial charge in [-0.1, -0.05) is 43.3 Å².